The Bertz CT molecular complexity index is 514. The molecule has 1 aliphatic heterocycles. The van der Waals surface area contributed by atoms with Gasteiger partial charge in [0, 0.05) is 6.54 Å². The highest BCUT2D eigenvalue weighted by atomic mass is 16.5. The number of hydrogen-bond donors (Lipinski definition) is 1. The molecule has 1 aromatic rings. The van der Waals surface area contributed by atoms with E-state index >= 15 is 0 Å². The van der Waals surface area contributed by atoms with E-state index < -0.39 is 5.97 Å². The van der Waals surface area contributed by atoms with Gasteiger partial charge in [-0.25, -0.2) is 4.79 Å². The number of carboxylic acids is 1. The minimum Gasteiger partial charge on any atom is -0.478 e. The largest absolute Gasteiger partial charge is 0.478 e. The first kappa shape index (κ1) is 14.5. The van der Waals surface area contributed by atoms with Crippen LogP contribution < -0.4 is 0 Å². The van der Waals surface area contributed by atoms with Crippen LogP contribution in [0.15, 0.2) is 24.3 Å². The third kappa shape index (κ3) is 3.17. The predicted octanol–water partition coefficient (Wildman–Crippen LogP) is 1.56. The predicted molar refractivity (Wildman–Crippen MR) is 73.7 cm³/mol. The molecule has 5 heteroatoms. The maximum Gasteiger partial charge on any atom is 0.335 e. The molecule has 1 fully saturated rings. The number of hydrogen-bond acceptors (Lipinski definition) is 3. The van der Waals surface area contributed by atoms with Gasteiger partial charge in [0.15, 0.2) is 0 Å². The molecular weight excluding hydrogens is 258 g/mol. The highest BCUT2D eigenvalue weighted by Crippen LogP contribution is 2.16. The van der Waals surface area contributed by atoms with Crippen LogP contribution in [-0.4, -0.2) is 47.2 Å². The summed E-state index contributed by atoms with van der Waals surface area (Å²) >= 11 is 0. The molecule has 5 nitrogen and oxygen atoms in total. The third-order valence-electron chi connectivity index (χ3n) is 3.52. The number of carboxylic acid groups (broad SMARTS) is 1. The van der Waals surface area contributed by atoms with Gasteiger partial charge in [-0.1, -0.05) is 18.2 Å². The number of rotatable bonds is 3. The van der Waals surface area contributed by atoms with Crippen molar-refractivity contribution in [1.29, 1.82) is 0 Å². The standard InChI is InChI=1S/C15H19NO4/c1-10-9-20-11(2)8-16(10)14(17)7-12-5-3-4-6-13(12)15(18)19/h3-6,10-11H,7-9H2,1-2H3,(H,18,19). The average molecular weight is 277 g/mol. The number of morpholine rings is 1. The van der Waals surface area contributed by atoms with Crippen LogP contribution in [0.5, 0.6) is 0 Å². The van der Waals surface area contributed by atoms with Crippen LogP contribution in [0.2, 0.25) is 0 Å². The maximum atomic E-state index is 12.4. The molecule has 1 heterocycles. The van der Waals surface area contributed by atoms with E-state index in [9.17, 15) is 9.59 Å². The Morgan fingerprint density at radius 3 is 2.75 bits per heavy atom. The van der Waals surface area contributed by atoms with Crippen LogP contribution in [-0.2, 0) is 16.0 Å². The summed E-state index contributed by atoms with van der Waals surface area (Å²) in [6, 6.07) is 6.65. The number of aromatic carboxylic acids is 1. The fourth-order valence-electron chi connectivity index (χ4n) is 2.40. The average Bonchev–Trinajstić information content (AvgIpc) is 2.41. The van der Waals surface area contributed by atoms with Gasteiger partial charge in [0.05, 0.1) is 30.7 Å². The Kier molecular flexibility index (Phi) is 4.39. The Hall–Kier alpha value is -1.88. The van der Waals surface area contributed by atoms with E-state index in [1.807, 2.05) is 13.8 Å². The molecule has 0 spiro atoms. The number of benzene rings is 1. The van der Waals surface area contributed by atoms with Crippen LogP contribution in [0.25, 0.3) is 0 Å². The van der Waals surface area contributed by atoms with Gasteiger partial charge in [-0.2, -0.15) is 0 Å². The molecule has 1 aliphatic rings. The SMILES string of the molecule is CC1CN(C(=O)Cc2ccccc2C(=O)O)C(C)CO1. The van der Waals surface area contributed by atoms with E-state index in [4.69, 9.17) is 9.84 Å². The molecule has 2 unspecified atom stereocenters. The van der Waals surface area contributed by atoms with Gasteiger partial charge < -0.3 is 14.7 Å². The normalized spacial score (nSPS) is 22.6. The summed E-state index contributed by atoms with van der Waals surface area (Å²) < 4.78 is 5.49. The second kappa shape index (κ2) is 6.05. The molecule has 0 bridgehead atoms. The first-order chi connectivity index (χ1) is 9.49. The molecule has 1 aromatic carbocycles. The van der Waals surface area contributed by atoms with Gasteiger partial charge in [0.1, 0.15) is 0 Å². The summed E-state index contributed by atoms with van der Waals surface area (Å²) in [5.74, 6) is -1.06. The van der Waals surface area contributed by atoms with Crippen LogP contribution in [0.3, 0.4) is 0 Å². The highest BCUT2D eigenvalue weighted by Gasteiger charge is 2.28. The highest BCUT2D eigenvalue weighted by molar-refractivity contribution is 5.91. The van der Waals surface area contributed by atoms with Crippen LogP contribution >= 0.6 is 0 Å². The molecule has 2 atom stereocenters. The summed E-state index contributed by atoms with van der Waals surface area (Å²) in [6.45, 7) is 4.94. The summed E-state index contributed by atoms with van der Waals surface area (Å²) in [6.07, 6.45) is 0.129. The summed E-state index contributed by atoms with van der Waals surface area (Å²) in [5.41, 5.74) is 0.742. The lowest BCUT2D eigenvalue weighted by Crippen LogP contribution is -2.50. The minimum absolute atomic E-state index is 0.0184. The molecule has 1 saturated heterocycles. The van der Waals surface area contributed by atoms with Crippen molar-refractivity contribution in [2.75, 3.05) is 13.2 Å². The zero-order valence-electron chi connectivity index (χ0n) is 11.7. The van der Waals surface area contributed by atoms with Gasteiger partial charge in [0.25, 0.3) is 0 Å². The number of carbonyl (C=O) groups excluding carboxylic acids is 1. The number of amides is 1. The van der Waals surface area contributed by atoms with E-state index in [-0.39, 0.29) is 30.0 Å². The Morgan fingerprint density at radius 2 is 2.05 bits per heavy atom. The lowest BCUT2D eigenvalue weighted by Gasteiger charge is -2.37. The van der Waals surface area contributed by atoms with E-state index in [1.165, 1.54) is 6.07 Å². The van der Waals surface area contributed by atoms with Crippen molar-refractivity contribution in [3.8, 4) is 0 Å². The van der Waals surface area contributed by atoms with Crippen molar-refractivity contribution in [3.05, 3.63) is 35.4 Å². The molecule has 0 saturated carbocycles. The molecule has 20 heavy (non-hydrogen) atoms. The molecule has 1 amide bonds. The van der Waals surface area contributed by atoms with E-state index in [2.05, 4.69) is 0 Å². The van der Waals surface area contributed by atoms with E-state index in [1.54, 1.807) is 23.1 Å². The first-order valence-electron chi connectivity index (χ1n) is 6.71. The van der Waals surface area contributed by atoms with Crippen molar-refractivity contribution in [1.82, 2.24) is 4.90 Å². The van der Waals surface area contributed by atoms with Gasteiger partial charge in [0.2, 0.25) is 5.91 Å². The molecular formula is C15H19NO4. The molecule has 1 N–H and O–H groups in total. The summed E-state index contributed by atoms with van der Waals surface area (Å²) in [7, 11) is 0. The van der Waals surface area contributed by atoms with Gasteiger partial charge >= 0.3 is 5.97 Å². The second-order valence-corrected chi connectivity index (χ2v) is 5.18. The van der Waals surface area contributed by atoms with Crippen LogP contribution in [0, 0.1) is 0 Å². The van der Waals surface area contributed by atoms with Crippen molar-refractivity contribution < 1.29 is 19.4 Å². The van der Waals surface area contributed by atoms with E-state index in [0.29, 0.717) is 18.7 Å². The van der Waals surface area contributed by atoms with Crippen LogP contribution in [0.1, 0.15) is 29.8 Å². The molecule has 108 valence electrons. The first-order valence-corrected chi connectivity index (χ1v) is 6.71. The quantitative estimate of drug-likeness (QED) is 0.910. The van der Waals surface area contributed by atoms with Gasteiger partial charge in [-0.3, -0.25) is 4.79 Å². The molecule has 0 aliphatic carbocycles. The van der Waals surface area contributed by atoms with Gasteiger partial charge in [-0.15, -0.1) is 0 Å². The van der Waals surface area contributed by atoms with Crippen molar-refractivity contribution in [2.45, 2.75) is 32.4 Å². The molecule has 0 radical (unpaired) electrons. The Balaban J connectivity index is 2.13. The Morgan fingerprint density at radius 1 is 1.35 bits per heavy atom. The fraction of sp³-hybridized carbons (Fsp3) is 0.467. The molecule has 2 rings (SSSR count). The lowest BCUT2D eigenvalue weighted by molar-refractivity contribution is -0.142. The van der Waals surface area contributed by atoms with Crippen LogP contribution in [0.4, 0.5) is 0 Å². The number of nitrogens with zero attached hydrogens (tertiary/aromatic N) is 1. The topological polar surface area (TPSA) is 66.8 Å². The minimum atomic E-state index is -1.00. The smallest absolute Gasteiger partial charge is 0.335 e. The van der Waals surface area contributed by atoms with Gasteiger partial charge in [-0.05, 0) is 25.5 Å². The lowest BCUT2D eigenvalue weighted by atomic mass is 10.0. The zero-order chi connectivity index (χ0) is 14.7. The van der Waals surface area contributed by atoms with Crippen molar-refractivity contribution in [2.24, 2.45) is 0 Å². The number of ether oxygens (including phenoxy) is 1. The number of carbonyl (C=O) groups is 2. The zero-order valence-corrected chi connectivity index (χ0v) is 11.7. The van der Waals surface area contributed by atoms with Crippen molar-refractivity contribution in [3.63, 3.8) is 0 Å². The Labute approximate surface area is 118 Å². The summed E-state index contributed by atoms with van der Waals surface area (Å²) in [4.78, 5) is 25.3. The summed E-state index contributed by atoms with van der Waals surface area (Å²) in [5, 5.41) is 9.14. The molecule has 0 aromatic heterocycles. The fourth-order valence-corrected chi connectivity index (χ4v) is 2.40. The maximum absolute atomic E-state index is 12.4. The van der Waals surface area contributed by atoms with E-state index in [0.717, 1.165) is 0 Å². The second-order valence-electron chi connectivity index (χ2n) is 5.18. The monoisotopic (exact) mass is 277 g/mol. The van der Waals surface area contributed by atoms with Crippen molar-refractivity contribution >= 4 is 11.9 Å². The third-order valence-corrected chi connectivity index (χ3v) is 3.52.